The quantitative estimate of drug-likeness (QED) is 0.238. The second-order valence-corrected chi connectivity index (χ2v) is 7.03. The summed E-state index contributed by atoms with van der Waals surface area (Å²) in [6.45, 7) is 0.427. The fraction of sp³-hybridized carbons (Fsp3) is 0.357. The van der Waals surface area contributed by atoms with Crippen LogP contribution in [0.5, 0.6) is 0 Å². The molecule has 0 saturated heterocycles. The molecule has 1 aromatic rings. The Hall–Kier alpha value is -1.86. The van der Waals surface area contributed by atoms with Crippen LogP contribution in [-0.2, 0) is 9.84 Å². The normalized spacial score (nSPS) is 16.5. The van der Waals surface area contributed by atoms with Gasteiger partial charge in [-0.3, -0.25) is 0 Å². The number of amidine groups is 1. The van der Waals surface area contributed by atoms with E-state index in [4.69, 9.17) is 10.9 Å². The molecule has 0 amide bonds. The van der Waals surface area contributed by atoms with Gasteiger partial charge in [-0.15, -0.1) is 0 Å². The molecule has 0 heterocycles. The molecule has 0 bridgehead atoms. The number of sulfone groups is 1. The minimum atomic E-state index is -3.33. The van der Waals surface area contributed by atoms with E-state index in [2.05, 4.69) is 22.6 Å². The predicted octanol–water partition coefficient (Wildman–Crippen LogP) is 0.863. The second kappa shape index (κ2) is 6.73. The van der Waals surface area contributed by atoms with E-state index in [-0.39, 0.29) is 16.5 Å². The highest BCUT2D eigenvalue weighted by molar-refractivity contribution is 7.91. The van der Waals surface area contributed by atoms with E-state index in [0.717, 1.165) is 12.8 Å². The molecule has 0 unspecified atom stereocenters. The Morgan fingerprint density at radius 3 is 2.48 bits per heavy atom. The summed E-state index contributed by atoms with van der Waals surface area (Å²) in [5.74, 6) is 0.00113. The van der Waals surface area contributed by atoms with Gasteiger partial charge in [0.2, 0.25) is 0 Å². The van der Waals surface area contributed by atoms with Crippen LogP contribution < -0.4 is 11.1 Å². The zero-order valence-corrected chi connectivity index (χ0v) is 12.4. The highest BCUT2D eigenvalue weighted by Crippen LogP contribution is 2.13. The van der Waals surface area contributed by atoms with Gasteiger partial charge in [0.1, 0.15) is 0 Å². The number of hydrogen-bond donors (Lipinski definition) is 3. The lowest BCUT2D eigenvalue weighted by molar-refractivity contribution is 0.318. The molecule has 6 nitrogen and oxygen atoms in total. The Kier molecular flexibility index (Phi) is 4.98. The highest BCUT2D eigenvalue weighted by atomic mass is 32.2. The first-order valence-corrected chi connectivity index (χ1v) is 8.37. The van der Waals surface area contributed by atoms with Crippen LogP contribution in [0.4, 0.5) is 0 Å². The molecule has 0 saturated carbocycles. The van der Waals surface area contributed by atoms with Gasteiger partial charge in [0.15, 0.2) is 15.7 Å². The number of hydrogen-bond acceptors (Lipinski definition) is 5. The van der Waals surface area contributed by atoms with Gasteiger partial charge in [0.25, 0.3) is 0 Å². The lowest BCUT2D eigenvalue weighted by atomic mass is 10.2. The van der Waals surface area contributed by atoms with Gasteiger partial charge in [-0.1, -0.05) is 17.3 Å². The Morgan fingerprint density at radius 1 is 1.29 bits per heavy atom. The molecule has 2 rings (SSSR count). The van der Waals surface area contributed by atoms with Crippen molar-refractivity contribution in [2.75, 3.05) is 12.3 Å². The number of nitrogens with two attached hydrogens (primary N) is 1. The van der Waals surface area contributed by atoms with Crippen molar-refractivity contribution in [2.45, 2.75) is 23.8 Å². The van der Waals surface area contributed by atoms with E-state index in [1.807, 2.05) is 0 Å². The minimum absolute atomic E-state index is 0.0469. The summed E-state index contributed by atoms with van der Waals surface area (Å²) in [4.78, 5) is 0.239. The Balaban J connectivity index is 1.95. The maximum Gasteiger partial charge on any atom is 0.179 e. The fourth-order valence-electron chi connectivity index (χ4n) is 2.19. The molecule has 0 spiro atoms. The van der Waals surface area contributed by atoms with Gasteiger partial charge in [-0.25, -0.2) is 8.42 Å². The molecule has 1 aromatic carbocycles. The molecule has 4 N–H and O–H groups in total. The van der Waals surface area contributed by atoms with Crippen LogP contribution >= 0.6 is 0 Å². The summed E-state index contributed by atoms with van der Waals surface area (Å²) < 4.78 is 24.4. The summed E-state index contributed by atoms with van der Waals surface area (Å²) in [7, 11) is -3.33. The van der Waals surface area contributed by atoms with Crippen molar-refractivity contribution in [3.05, 3.63) is 42.0 Å². The van der Waals surface area contributed by atoms with Gasteiger partial charge < -0.3 is 16.3 Å². The number of rotatable bonds is 6. The zero-order valence-electron chi connectivity index (χ0n) is 11.6. The molecular formula is C14H19N3O3S. The molecule has 0 fully saturated rings. The van der Waals surface area contributed by atoms with Crippen molar-refractivity contribution >= 4 is 15.7 Å². The van der Waals surface area contributed by atoms with Crippen LogP contribution in [-0.4, -0.2) is 37.8 Å². The van der Waals surface area contributed by atoms with Crippen molar-refractivity contribution in [1.29, 1.82) is 0 Å². The molecule has 21 heavy (non-hydrogen) atoms. The molecule has 7 heteroatoms. The second-order valence-electron chi connectivity index (χ2n) is 4.92. The Bertz CT molecular complexity index is 628. The van der Waals surface area contributed by atoms with E-state index in [9.17, 15) is 8.42 Å². The number of nitrogens with zero attached hydrogens (tertiary/aromatic N) is 1. The maximum atomic E-state index is 12.2. The van der Waals surface area contributed by atoms with Crippen LogP contribution in [0, 0.1) is 0 Å². The first kappa shape index (κ1) is 15.5. The Morgan fingerprint density at radius 2 is 1.90 bits per heavy atom. The van der Waals surface area contributed by atoms with Gasteiger partial charge in [-0.05, 0) is 37.1 Å². The smallest absolute Gasteiger partial charge is 0.179 e. The number of benzene rings is 1. The average molecular weight is 309 g/mol. The van der Waals surface area contributed by atoms with E-state index >= 15 is 0 Å². The van der Waals surface area contributed by atoms with Crippen molar-refractivity contribution in [1.82, 2.24) is 5.32 Å². The summed E-state index contributed by atoms with van der Waals surface area (Å²) in [5.41, 5.74) is 5.92. The fourth-order valence-corrected chi connectivity index (χ4v) is 3.36. The lowest BCUT2D eigenvalue weighted by Crippen LogP contribution is -2.31. The first-order valence-electron chi connectivity index (χ1n) is 6.72. The third-order valence-electron chi connectivity index (χ3n) is 3.43. The van der Waals surface area contributed by atoms with Crippen molar-refractivity contribution < 1.29 is 13.6 Å². The summed E-state index contributed by atoms with van der Waals surface area (Å²) in [6, 6.07) is 6.34. The molecule has 1 aliphatic rings. The third kappa shape index (κ3) is 4.05. The molecule has 0 atom stereocenters. The van der Waals surface area contributed by atoms with Crippen molar-refractivity contribution in [3.8, 4) is 0 Å². The van der Waals surface area contributed by atoms with Crippen LogP contribution in [0.1, 0.15) is 18.4 Å². The predicted molar refractivity (Wildman–Crippen MR) is 81.2 cm³/mol. The molecule has 0 aromatic heterocycles. The van der Waals surface area contributed by atoms with Crippen molar-refractivity contribution in [3.63, 3.8) is 0 Å². The number of nitrogens with one attached hydrogen (secondary N) is 1. The SMILES string of the molecule is N/C(=N/O)c1ccc(S(=O)(=O)CCNC2CC=CC2)cc1. The summed E-state index contributed by atoms with van der Waals surface area (Å²) in [5, 5.41) is 14.7. The molecule has 114 valence electrons. The largest absolute Gasteiger partial charge is 0.409 e. The van der Waals surface area contributed by atoms with Crippen LogP contribution in [0.25, 0.3) is 0 Å². The van der Waals surface area contributed by atoms with E-state index < -0.39 is 9.84 Å². The topological polar surface area (TPSA) is 105 Å². The van der Waals surface area contributed by atoms with Crippen LogP contribution in [0.3, 0.4) is 0 Å². The van der Waals surface area contributed by atoms with Crippen LogP contribution in [0.2, 0.25) is 0 Å². The van der Waals surface area contributed by atoms with Gasteiger partial charge >= 0.3 is 0 Å². The standard InChI is InChI=1S/C14H19N3O3S/c15-14(17-18)11-5-7-13(8-6-11)21(19,20)10-9-16-12-3-1-2-4-12/h1-2,5-8,12,16,18H,3-4,9-10H2,(H2,15,17). The highest BCUT2D eigenvalue weighted by Gasteiger charge is 2.16. The average Bonchev–Trinajstić information content (AvgIpc) is 2.99. The molecule has 0 radical (unpaired) electrons. The summed E-state index contributed by atoms with van der Waals surface area (Å²) >= 11 is 0. The lowest BCUT2D eigenvalue weighted by Gasteiger charge is -2.12. The maximum absolute atomic E-state index is 12.2. The monoisotopic (exact) mass is 309 g/mol. The first-order chi connectivity index (χ1) is 10.0. The Labute approximate surface area is 124 Å². The van der Waals surface area contributed by atoms with Crippen LogP contribution in [0.15, 0.2) is 46.5 Å². The van der Waals surface area contributed by atoms with E-state index in [1.165, 1.54) is 24.3 Å². The zero-order chi connectivity index (χ0) is 15.3. The number of oxime groups is 1. The van der Waals surface area contributed by atoms with Gasteiger partial charge in [0, 0.05) is 18.2 Å². The third-order valence-corrected chi connectivity index (χ3v) is 5.16. The van der Waals surface area contributed by atoms with Gasteiger partial charge in [0.05, 0.1) is 10.6 Å². The molecular weight excluding hydrogens is 290 g/mol. The summed E-state index contributed by atoms with van der Waals surface area (Å²) in [6.07, 6.45) is 6.10. The van der Waals surface area contributed by atoms with E-state index in [0.29, 0.717) is 18.2 Å². The molecule has 1 aliphatic carbocycles. The van der Waals surface area contributed by atoms with E-state index in [1.54, 1.807) is 0 Å². The van der Waals surface area contributed by atoms with Gasteiger partial charge in [-0.2, -0.15) is 0 Å². The van der Waals surface area contributed by atoms with Crippen molar-refractivity contribution in [2.24, 2.45) is 10.9 Å². The molecule has 0 aliphatic heterocycles. The minimum Gasteiger partial charge on any atom is -0.409 e.